The topological polar surface area (TPSA) is 65.0 Å². The second kappa shape index (κ2) is 8.36. The molecule has 0 aliphatic rings. The maximum atomic E-state index is 10.7. The van der Waals surface area contributed by atoms with E-state index in [2.05, 4.69) is 58.9 Å². The third kappa shape index (κ3) is 13.0. The van der Waals surface area contributed by atoms with Gasteiger partial charge >= 0.3 is 14.8 Å². The Morgan fingerprint density at radius 2 is 1.17 bits per heavy atom. The van der Waals surface area contributed by atoms with Crippen LogP contribution in [0.5, 0.6) is 0 Å². The Hall–Kier alpha value is -0.0425. The van der Waals surface area contributed by atoms with Gasteiger partial charge in [-0.1, -0.05) is 6.08 Å². The first-order valence-electron chi connectivity index (χ1n) is 8.04. The molecule has 0 aromatic rings. The van der Waals surface area contributed by atoms with Crippen molar-refractivity contribution in [1.82, 2.24) is 0 Å². The standard InChI is InChI=1S/C14H34O5Si4/c1-20(2,3)17-23(18-21(4,5)6,19-22(7,8)9)13-11-10-12-14(15)16/h10,12H,11,13H2,1-9H3,(H,15,16). The number of aliphatic carboxylic acids is 1. The molecule has 0 amide bonds. The molecule has 5 nitrogen and oxygen atoms in total. The fourth-order valence-electron chi connectivity index (χ4n) is 2.06. The molecule has 0 radical (unpaired) electrons. The van der Waals surface area contributed by atoms with E-state index < -0.39 is 39.7 Å². The number of hydrogen-bond donors (Lipinski definition) is 1. The number of rotatable bonds is 10. The summed E-state index contributed by atoms with van der Waals surface area (Å²) in [6.07, 6.45) is 3.44. The van der Waals surface area contributed by atoms with E-state index in [0.717, 1.165) is 0 Å². The molecule has 0 spiro atoms. The van der Waals surface area contributed by atoms with Gasteiger partial charge in [0.2, 0.25) is 0 Å². The minimum atomic E-state index is -2.83. The predicted molar refractivity (Wildman–Crippen MR) is 105 cm³/mol. The van der Waals surface area contributed by atoms with Gasteiger partial charge < -0.3 is 17.5 Å². The highest BCUT2D eigenvalue weighted by molar-refractivity contribution is 6.90. The highest BCUT2D eigenvalue weighted by atomic mass is 28.5. The Morgan fingerprint density at radius 1 is 0.826 bits per heavy atom. The molecule has 9 heteroatoms. The lowest BCUT2D eigenvalue weighted by atomic mass is 10.4. The van der Waals surface area contributed by atoms with Crippen LogP contribution >= 0.6 is 0 Å². The molecule has 0 aromatic carbocycles. The second-order valence-electron chi connectivity index (χ2n) is 8.61. The van der Waals surface area contributed by atoms with E-state index in [4.69, 9.17) is 17.5 Å². The van der Waals surface area contributed by atoms with Crippen molar-refractivity contribution in [3.05, 3.63) is 12.2 Å². The highest BCUT2D eigenvalue weighted by Gasteiger charge is 2.49. The normalized spacial score (nSPS) is 14.5. The van der Waals surface area contributed by atoms with Crippen molar-refractivity contribution in [2.45, 2.75) is 71.4 Å². The summed E-state index contributed by atoms with van der Waals surface area (Å²) in [6, 6.07) is 0.635. The summed E-state index contributed by atoms with van der Waals surface area (Å²) in [5.41, 5.74) is 0. The molecule has 0 aliphatic heterocycles. The van der Waals surface area contributed by atoms with Crippen molar-refractivity contribution in [2.24, 2.45) is 0 Å². The number of allylic oxidation sites excluding steroid dienone is 1. The molecule has 0 aliphatic carbocycles. The summed E-state index contributed by atoms with van der Waals surface area (Å²) in [4.78, 5) is 10.7. The zero-order chi connectivity index (χ0) is 18.5. The van der Waals surface area contributed by atoms with Gasteiger partial charge in [-0.3, -0.25) is 0 Å². The van der Waals surface area contributed by atoms with E-state index in [9.17, 15) is 4.79 Å². The van der Waals surface area contributed by atoms with E-state index in [0.29, 0.717) is 12.5 Å². The average Bonchev–Trinajstić information content (AvgIpc) is 2.16. The van der Waals surface area contributed by atoms with Crippen molar-refractivity contribution in [2.75, 3.05) is 0 Å². The first-order chi connectivity index (χ1) is 10.0. The maximum absolute atomic E-state index is 10.7. The first kappa shape index (κ1) is 23.0. The average molecular weight is 395 g/mol. The Bertz CT molecular complexity index is 378. The fourth-order valence-corrected chi connectivity index (χ4v) is 16.6. The van der Waals surface area contributed by atoms with Crippen LogP contribution in [0.3, 0.4) is 0 Å². The Morgan fingerprint density at radius 3 is 1.43 bits per heavy atom. The second-order valence-corrected chi connectivity index (χ2v) is 25.6. The van der Waals surface area contributed by atoms with Gasteiger partial charge in [-0.15, -0.1) is 0 Å². The van der Waals surface area contributed by atoms with Crippen LogP contribution < -0.4 is 0 Å². The van der Waals surface area contributed by atoms with Crippen molar-refractivity contribution in [3.63, 3.8) is 0 Å². The van der Waals surface area contributed by atoms with Crippen LogP contribution in [-0.2, 0) is 17.1 Å². The van der Waals surface area contributed by atoms with E-state index in [1.807, 2.05) is 0 Å². The molecule has 0 bridgehead atoms. The van der Waals surface area contributed by atoms with E-state index in [1.54, 1.807) is 6.08 Å². The summed E-state index contributed by atoms with van der Waals surface area (Å²) in [7, 11) is -8.41. The maximum Gasteiger partial charge on any atom is 0.469 e. The van der Waals surface area contributed by atoms with Crippen LogP contribution in [0.4, 0.5) is 0 Å². The monoisotopic (exact) mass is 394 g/mol. The number of carbonyl (C=O) groups is 1. The molecular formula is C14H34O5Si4. The largest absolute Gasteiger partial charge is 0.478 e. The predicted octanol–water partition coefficient (Wildman–Crippen LogP) is 4.51. The van der Waals surface area contributed by atoms with Crippen LogP contribution in [0.25, 0.3) is 0 Å². The lowest BCUT2D eigenvalue weighted by Gasteiger charge is -2.42. The molecule has 0 saturated heterocycles. The Kier molecular flexibility index (Phi) is 8.35. The van der Waals surface area contributed by atoms with Gasteiger partial charge in [-0.25, -0.2) is 4.79 Å². The van der Waals surface area contributed by atoms with Crippen LogP contribution in [0.1, 0.15) is 6.42 Å². The van der Waals surface area contributed by atoms with E-state index in [1.165, 1.54) is 6.08 Å². The molecule has 0 heterocycles. The zero-order valence-corrected chi connectivity index (χ0v) is 20.1. The summed E-state index contributed by atoms with van der Waals surface area (Å²) in [6.45, 7) is 19.3. The summed E-state index contributed by atoms with van der Waals surface area (Å²) in [5.74, 6) is -0.930. The zero-order valence-electron chi connectivity index (χ0n) is 16.1. The molecule has 0 aromatic heterocycles. The smallest absolute Gasteiger partial charge is 0.469 e. The molecule has 1 N–H and O–H groups in total. The van der Waals surface area contributed by atoms with Crippen molar-refractivity contribution in [3.8, 4) is 0 Å². The summed E-state index contributed by atoms with van der Waals surface area (Å²) < 4.78 is 19.5. The first-order valence-corrected chi connectivity index (χ1v) is 20.2. The van der Waals surface area contributed by atoms with Crippen molar-refractivity contribution < 1.29 is 22.2 Å². The summed E-state index contributed by atoms with van der Waals surface area (Å²) >= 11 is 0. The van der Waals surface area contributed by atoms with Gasteiger partial charge in [0.15, 0.2) is 25.0 Å². The molecule has 0 saturated carbocycles. The SMILES string of the molecule is C[Si](C)(C)O[Si](CCC=CC(=O)O)(O[Si](C)(C)C)O[Si](C)(C)C. The minimum Gasteiger partial charge on any atom is -0.478 e. The van der Waals surface area contributed by atoms with Gasteiger partial charge in [-0.2, -0.15) is 0 Å². The van der Waals surface area contributed by atoms with E-state index in [-0.39, 0.29) is 0 Å². The van der Waals surface area contributed by atoms with Crippen molar-refractivity contribution >= 4 is 39.7 Å². The van der Waals surface area contributed by atoms with Gasteiger partial charge in [-0.05, 0) is 65.3 Å². The molecule has 0 fully saturated rings. The summed E-state index contributed by atoms with van der Waals surface area (Å²) in [5, 5.41) is 8.75. The quantitative estimate of drug-likeness (QED) is 0.436. The minimum absolute atomic E-state index is 0.595. The molecule has 0 rings (SSSR count). The van der Waals surface area contributed by atoms with Crippen LogP contribution in [0.15, 0.2) is 12.2 Å². The van der Waals surface area contributed by atoms with Gasteiger partial charge in [0.25, 0.3) is 0 Å². The molecular weight excluding hydrogens is 360 g/mol. The number of carboxylic acid groups (broad SMARTS) is 1. The van der Waals surface area contributed by atoms with Gasteiger partial charge in [0.1, 0.15) is 0 Å². The molecule has 136 valence electrons. The van der Waals surface area contributed by atoms with Crippen LogP contribution in [-0.4, -0.2) is 44.8 Å². The Labute approximate surface area is 145 Å². The van der Waals surface area contributed by atoms with Gasteiger partial charge in [0, 0.05) is 12.1 Å². The fraction of sp³-hybridized carbons (Fsp3) is 0.786. The molecule has 0 unspecified atom stereocenters. The van der Waals surface area contributed by atoms with E-state index >= 15 is 0 Å². The number of carboxylic acids is 1. The number of hydrogen-bond acceptors (Lipinski definition) is 4. The third-order valence-corrected chi connectivity index (χ3v) is 14.2. The molecule has 0 atom stereocenters. The third-order valence-electron chi connectivity index (χ3n) is 2.26. The lowest BCUT2D eigenvalue weighted by molar-refractivity contribution is -0.131. The highest BCUT2D eigenvalue weighted by Crippen LogP contribution is 2.29. The van der Waals surface area contributed by atoms with Gasteiger partial charge in [0.05, 0.1) is 0 Å². The van der Waals surface area contributed by atoms with Crippen molar-refractivity contribution in [1.29, 1.82) is 0 Å². The van der Waals surface area contributed by atoms with Crippen LogP contribution in [0, 0.1) is 0 Å². The lowest BCUT2D eigenvalue weighted by Crippen LogP contribution is -2.60. The Balaban J connectivity index is 5.48. The van der Waals surface area contributed by atoms with Crippen LogP contribution in [0.2, 0.25) is 65.0 Å². The molecule has 23 heavy (non-hydrogen) atoms.